The average molecular weight is 561 g/mol. The molecule has 2 amide bonds. The van der Waals surface area contributed by atoms with Gasteiger partial charge >= 0.3 is 5.97 Å². The second-order valence-corrected chi connectivity index (χ2v) is 12.3. The molecule has 5 rings (SSSR count). The number of rotatable bonds is 9. The number of carbonyl (C=O) groups is 4. The second kappa shape index (κ2) is 10.3. The van der Waals surface area contributed by atoms with Gasteiger partial charge in [0, 0.05) is 24.2 Å². The third kappa shape index (κ3) is 5.05. The number of piperidine rings is 1. The standard InChI is InChI=1S/C26H32N4O8S/c1-15-6-10-30(2,11-7-15)13-16-14-39-23-19(22(32)29(23)20(16)24(33)34)27-21(31)18(17-5-3-12-37-17)28-38-26(25(35)36)8-4-9-26/h3,5,12,15,19,23H,4,6-11,13-14H2,1-2H3,(H2-,27,31,33,34,35,36)/t15?,19-,23-,30?/m1/s1. The summed E-state index contributed by atoms with van der Waals surface area (Å²) in [6.45, 7) is 4.61. The van der Waals surface area contributed by atoms with E-state index in [-0.39, 0.29) is 30.0 Å². The molecule has 3 aliphatic heterocycles. The SMILES string of the molecule is CC1CC[N+](C)(CC2=C(C(=O)[O-])N3C(=O)[C@@H](NC(=O)C(=NOC4(C(=O)O)CCC4)c4ccco4)[C@H]3SC2)CC1. The monoisotopic (exact) mass is 560 g/mol. The Hall–Kier alpha value is -3.32. The van der Waals surface area contributed by atoms with Crippen LogP contribution >= 0.6 is 11.8 Å². The highest BCUT2D eigenvalue weighted by molar-refractivity contribution is 8.00. The van der Waals surface area contributed by atoms with Gasteiger partial charge in [-0.2, -0.15) is 0 Å². The van der Waals surface area contributed by atoms with Crippen molar-refractivity contribution in [3.8, 4) is 0 Å². The minimum Gasteiger partial charge on any atom is -0.543 e. The normalized spacial score (nSPS) is 30.1. The molecule has 2 N–H and O–H groups in total. The summed E-state index contributed by atoms with van der Waals surface area (Å²) in [5.74, 6) is -2.86. The molecule has 210 valence electrons. The van der Waals surface area contributed by atoms with Crippen LogP contribution < -0.4 is 10.4 Å². The maximum Gasteiger partial charge on any atom is 0.350 e. The second-order valence-electron chi connectivity index (χ2n) is 11.2. The summed E-state index contributed by atoms with van der Waals surface area (Å²) in [6.07, 6.45) is 4.62. The highest BCUT2D eigenvalue weighted by atomic mass is 32.2. The number of carboxylic acid groups (broad SMARTS) is 2. The number of amides is 2. The van der Waals surface area contributed by atoms with Gasteiger partial charge in [-0.25, -0.2) is 4.79 Å². The molecule has 12 nitrogen and oxygen atoms in total. The molecule has 0 bridgehead atoms. The van der Waals surface area contributed by atoms with Crippen LogP contribution in [0.4, 0.5) is 0 Å². The number of oxime groups is 1. The van der Waals surface area contributed by atoms with E-state index in [1.54, 1.807) is 0 Å². The smallest absolute Gasteiger partial charge is 0.350 e. The summed E-state index contributed by atoms with van der Waals surface area (Å²) in [5.41, 5.74) is -1.26. The molecule has 3 fully saturated rings. The lowest BCUT2D eigenvalue weighted by atomic mass is 9.80. The molecule has 2 atom stereocenters. The van der Waals surface area contributed by atoms with Gasteiger partial charge in [0.05, 0.1) is 38.1 Å². The number of carboxylic acids is 2. The lowest BCUT2D eigenvalue weighted by molar-refractivity contribution is -0.910. The Bertz CT molecular complexity index is 1230. The Morgan fingerprint density at radius 1 is 1.33 bits per heavy atom. The van der Waals surface area contributed by atoms with Crippen LogP contribution in [0.5, 0.6) is 0 Å². The van der Waals surface area contributed by atoms with E-state index in [0.29, 0.717) is 34.7 Å². The maximum atomic E-state index is 13.2. The predicted octanol–water partition coefficient (Wildman–Crippen LogP) is 0.288. The van der Waals surface area contributed by atoms with Crippen molar-refractivity contribution in [3.63, 3.8) is 0 Å². The van der Waals surface area contributed by atoms with E-state index in [4.69, 9.17) is 9.25 Å². The Morgan fingerprint density at radius 2 is 2.05 bits per heavy atom. The third-order valence-corrected chi connectivity index (χ3v) is 9.60. The van der Waals surface area contributed by atoms with Crippen LogP contribution in [0.2, 0.25) is 0 Å². The fourth-order valence-electron chi connectivity index (χ4n) is 5.53. The fourth-order valence-corrected chi connectivity index (χ4v) is 6.86. The van der Waals surface area contributed by atoms with E-state index in [2.05, 4.69) is 24.4 Å². The van der Waals surface area contributed by atoms with E-state index in [0.717, 1.165) is 25.9 Å². The minimum absolute atomic E-state index is 0.0395. The number of nitrogens with zero attached hydrogens (tertiary/aromatic N) is 3. The number of aliphatic carboxylic acids is 2. The first-order valence-corrected chi connectivity index (χ1v) is 14.1. The highest BCUT2D eigenvalue weighted by Gasteiger charge is 2.54. The molecule has 1 saturated carbocycles. The lowest BCUT2D eigenvalue weighted by Crippen LogP contribution is -2.72. The average Bonchev–Trinajstić information content (AvgIpc) is 3.40. The van der Waals surface area contributed by atoms with Gasteiger partial charge in [0.15, 0.2) is 5.76 Å². The van der Waals surface area contributed by atoms with Gasteiger partial charge in [-0.3, -0.25) is 14.5 Å². The number of fused-ring (bicyclic) bond motifs is 1. The number of likely N-dealkylation sites (N-methyl/N-ethyl adjacent to an activating group) is 1. The van der Waals surface area contributed by atoms with Crippen LogP contribution in [-0.2, 0) is 24.0 Å². The van der Waals surface area contributed by atoms with Gasteiger partial charge in [0.1, 0.15) is 18.0 Å². The minimum atomic E-state index is -1.50. The summed E-state index contributed by atoms with van der Waals surface area (Å²) in [4.78, 5) is 56.8. The van der Waals surface area contributed by atoms with E-state index in [9.17, 15) is 29.4 Å². The third-order valence-electron chi connectivity index (χ3n) is 8.26. The first-order chi connectivity index (χ1) is 18.5. The number of quaternary nitrogens is 1. The Labute approximate surface area is 229 Å². The molecule has 1 aromatic rings. The molecular weight excluding hydrogens is 528 g/mol. The van der Waals surface area contributed by atoms with Crippen molar-refractivity contribution in [1.82, 2.24) is 10.2 Å². The summed E-state index contributed by atoms with van der Waals surface area (Å²) in [7, 11) is 2.11. The van der Waals surface area contributed by atoms with E-state index >= 15 is 0 Å². The largest absolute Gasteiger partial charge is 0.543 e. The highest BCUT2D eigenvalue weighted by Crippen LogP contribution is 2.41. The Balaban J connectivity index is 1.32. The van der Waals surface area contributed by atoms with Crippen LogP contribution in [-0.4, -0.2) is 93.4 Å². The number of β-lactam (4-membered cyclic amide) rings is 1. The number of hydrogen-bond donors (Lipinski definition) is 2. The summed E-state index contributed by atoms with van der Waals surface area (Å²) >= 11 is 1.39. The van der Waals surface area contributed by atoms with Crippen LogP contribution in [0.3, 0.4) is 0 Å². The predicted molar refractivity (Wildman–Crippen MR) is 137 cm³/mol. The number of hydrogen-bond acceptors (Lipinski definition) is 9. The zero-order valence-corrected chi connectivity index (χ0v) is 22.7. The molecule has 0 radical (unpaired) electrons. The van der Waals surface area contributed by atoms with E-state index < -0.39 is 40.8 Å². The van der Waals surface area contributed by atoms with Crippen LogP contribution in [0.25, 0.3) is 0 Å². The van der Waals surface area contributed by atoms with Crippen molar-refractivity contribution >= 4 is 41.2 Å². The lowest BCUT2D eigenvalue weighted by Gasteiger charge is -2.51. The van der Waals surface area contributed by atoms with Gasteiger partial charge in [0.25, 0.3) is 11.8 Å². The number of furan rings is 1. The van der Waals surface area contributed by atoms with Gasteiger partial charge in [-0.05, 0) is 37.3 Å². The van der Waals surface area contributed by atoms with Crippen molar-refractivity contribution in [1.29, 1.82) is 0 Å². The molecule has 0 aromatic carbocycles. The molecule has 2 saturated heterocycles. The number of carbonyl (C=O) groups excluding carboxylic acids is 3. The first kappa shape index (κ1) is 27.3. The molecule has 4 aliphatic rings. The van der Waals surface area contributed by atoms with Crippen molar-refractivity contribution in [2.24, 2.45) is 11.1 Å². The summed E-state index contributed by atoms with van der Waals surface area (Å²) in [5, 5.41) is 27.5. The fraction of sp³-hybridized carbons (Fsp3) is 0.577. The molecule has 1 aromatic heterocycles. The Kier molecular flexibility index (Phi) is 7.23. The molecule has 1 aliphatic carbocycles. The van der Waals surface area contributed by atoms with Crippen LogP contribution in [0.15, 0.2) is 39.2 Å². The molecule has 0 unspecified atom stereocenters. The first-order valence-electron chi connectivity index (χ1n) is 13.1. The number of nitrogens with one attached hydrogen (secondary N) is 1. The van der Waals surface area contributed by atoms with E-state index in [1.807, 2.05) is 0 Å². The van der Waals surface area contributed by atoms with Crippen molar-refractivity contribution in [2.45, 2.75) is 56.0 Å². The molecular formula is C26H32N4O8S. The number of thioether (sulfide) groups is 1. The zero-order chi connectivity index (χ0) is 27.9. The molecule has 13 heteroatoms. The van der Waals surface area contributed by atoms with Crippen molar-refractivity contribution < 1.29 is 43.1 Å². The quantitative estimate of drug-likeness (QED) is 0.187. The number of likely N-dealkylation sites (tertiary alicyclic amines) is 1. The van der Waals surface area contributed by atoms with Gasteiger partial charge in [0.2, 0.25) is 11.3 Å². The van der Waals surface area contributed by atoms with Crippen LogP contribution in [0.1, 0.15) is 44.8 Å². The van der Waals surface area contributed by atoms with Crippen molar-refractivity contribution in [2.75, 3.05) is 32.4 Å². The van der Waals surface area contributed by atoms with Crippen molar-refractivity contribution in [3.05, 3.63) is 35.4 Å². The topological polar surface area (TPSA) is 162 Å². The van der Waals surface area contributed by atoms with Crippen LogP contribution in [0, 0.1) is 5.92 Å². The van der Waals surface area contributed by atoms with E-state index in [1.165, 1.54) is 35.1 Å². The molecule has 0 spiro atoms. The Morgan fingerprint density at radius 3 is 2.62 bits per heavy atom. The summed E-state index contributed by atoms with van der Waals surface area (Å²) in [6, 6.07) is 2.00. The zero-order valence-electron chi connectivity index (χ0n) is 21.9. The maximum absolute atomic E-state index is 13.2. The van der Waals surface area contributed by atoms with Gasteiger partial charge in [-0.15, -0.1) is 11.8 Å². The van der Waals surface area contributed by atoms with Gasteiger partial charge in [-0.1, -0.05) is 12.1 Å². The summed E-state index contributed by atoms with van der Waals surface area (Å²) < 4.78 is 6.01. The molecule has 39 heavy (non-hydrogen) atoms. The molecule has 4 heterocycles. The van der Waals surface area contributed by atoms with Gasteiger partial charge < -0.3 is 34.1 Å².